The predicted molar refractivity (Wildman–Crippen MR) is 78.0 cm³/mol. The second kappa shape index (κ2) is 8.14. The van der Waals surface area contributed by atoms with Gasteiger partial charge in [-0.3, -0.25) is 4.79 Å². The average molecular weight is 321 g/mol. The molecule has 7 heteroatoms. The summed E-state index contributed by atoms with van der Waals surface area (Å²) in [7, 11) is 0. The van der Waals surface area contributed by atoms with Crippen LogP contribution in [0.1, 0.15) is 23.2 Å². The molecule has 0 saturated carbocycles. The number of nitrogens with zero attached hydrogens (tertiary/aromatic N) is 1. The average Bonchev–Trinajstić information content (AvgIpc) is 2.47. The fraction of sp³-hybridized carbons (Fsp3) is 0.500. The summed E-state index contributed by atoms with van der Waals surface area (Å²) in [6, 6.07) is 5.77. The first kappa shape index (κ1) is 17.7. The zero-order valence-corrected chi connectivity index (χ0v) is 12.3. The van der Waals surface area contributed by atoms with Gasteiger partial charge in [-0.2, -0.15) is 8.78 Å². The van der Waals surface area contributed by atoms with E-state index in [1.54, 1.807) is 4.90 Å². The Bertz CT molecular complexity index is 457. The van der Waals surface area contributed by atoms with E-state index in [9.17, 15) is 13.6 Å². The number of ether oxygens (including phenoxy) is 1. The van der Waals surface area contributed by atoms with Crippen molar-refractivity contribution in [1.82, 2.24) is 4.90 Å². The summed E-state index contributed by atoms with van der Waals surface area (Å²) in [5.41, 5.74) is 6.12. The van der Waals surface area contributed by atoms with E-state index in [4.69, 9.17) is 5.73 Å². The summed E-state index contributed by atoms with van der Waals surface area (Å²) < 4.78 is 28.3. The first-order chi connectivity index (χ1) is 9.60. The third-order valence-electron chi connectivity index (χ3n) is 3.47. The van der Waals surface area contributed by atoms with Crippen LogP contribution in [0.2, 0.25) is 0 Å². The van der Waals surface area contributed by atoms with Gasteiger partial charge in [0.25, 0.3) is 5.91 Å². The Morgan fingerprint density at radius 3 is 2.62 bits per heavy atom. The lowest BCUT2D eigenvalue weighted by Gasteiger charge is -2.32. The first-order valence-electron chi connectivity index (χ1n) is 6.64. The maximum atomic E-state index is 12.3. The lowest BCUT2D eigenvalue weighted by atomic mass is 9.97. The number of rotatable bonds is 4. The summed E-state index contributed by atoms with van der Waals surface area (Å²) in [5, 5.41) is 0. The second-order valence-corrected chi connectivity index (χ2v) is 4.90. The van der Waals surface area contributed by atoms with Gasteiger partial charge in [-0.25, -0.2) is 0 Å². The third kappa shape index (κ3) is 4.82. The molecule has 1 aromatic rings. The van der Waals surface area contributed by atoms with Crippen molar-refractivity contribution >= 4 is 18.3 Å². The van der Waals surface area contributed by atoms with Crippen molar-refractivity contribution in [2.45, 2.75) is 19.5 Å². The van der Waals surface area contributed by atoms with Gasteiger partial charge in [0.1, 0.15) is 5.75 Å². The highest BCUT2D eigenvalue weighted by atomic mass is 35.5. The van der Waals surface area contributed by atoms with Crippen LogP contribution in [0.4, 0.5) is 8.78 Å². The molecule has 1 amide bonds. The molecule has 1 saturated heterocycles. The van der Waals surface area contributed by atoms with Crippen LogP contribution in [-0.4, -0.2) is 37.1 Å². The number of carbonyl (C=O) groups is 1. The predicted octanol–water partition coefficient (Wildman–Crippen LogP) is 2.52. The molecule has 2 N–H and O–H groups in total. The summed E-state index contributed by atoms with van der Waals surface area (Å²) in [5.74, 6) is 0.302. The fourth-order valence-electron chi connectivity index (χ4n) is 2.40. The molecule has 4 nitrogen and oxygen atoms in total. The molecular weight excluding hydrogens is 302 g/mol. The van der Waals surface area contributed by atoms with Crippen molar-refractivity contribution in [2.24, 2.45) is 11.7 Å². The fourth-order valence-corrected chi connectivity index (χ4v) is 2.40. The zero-order valence-electron chi connectivity index (χ0n) is 11.5. The van der Waals surface area contributed by atoms with Gasteiger partial charge in [0.2, 0.25) is 0 Å². The Kier molecular flexibility index (Phi) is 6.84. The van der Waals surface area contributed by atoms with E-state index in [1.165, 1.54) is 24.3 Å². The lowest BCUT2D eigenvalue weighted by Crippen LogP contribution is -2.42. The maximum absolute atomic E-state index is 12.3. The van der Waals surface area contributed by atoms with Crippen molar-refractivity contribution in [1.29, 1.82) is 0 Å². The lowest BCUT2D eigenvalue weighted by molar-refractivity contribution is -0.0498. The Hall–Kier alpha value is -1.40. The molecule has 1 atom stereocenters. The minimum absolute atomic E-state index is 0. The van der Waals surface area contributed by atoms with Crippen LogP contribution in [0.3, 0.4) is 0 Å². The molecule has 21 heavy (non-hydrogen) atoms. The molecule has 2 rings (SSSR count). The second-order valence-electron chi connectivity index (χ2n) is 4.90. The number of amides is 1. The summed E-state index contributed by atoms with van der Waals surface area (Å²) in [4.78, 5) is 14.1. The first-order valence-corrected chi connectivity index (χ1v) is 6.64. The number of halogens is 3. The molecule has 0 radical (unpaired) electrons. The Morgan fingerprint density at radius 1 is 1.38 bits per heavy atom. The number of hydrogen-bond acceptors (Lipinski definition) is 3. The van der Waals surface area contributed by atoms with Crippen molar-refractivity contribution in [3.8, 4) is 5.75 Å². The number of alkyl halides is 2. The molecule has 1 unspecified atom stereocenters. The van der Waals surface area contributed by atoms with Crippen molar-refractivity contribution in [2.75, 3.05) is 19.6 Å². The van der Waals surface area contributed by atoms with Crippen LogP contribution in [0.25, 0.3) is 0 Å². The highest BCUT2D eigenvalue weighted by Gasteiger charge is 2.23. The molecule has 0 spiro atoms. The van der Waals surface area contributed by atoms with Crippen LogP contribution in [0.15, 0.2) is 24.3 Å². The Balaban J connectivity index is 0.00000220. The van der Waals surface area contributed by atoms with E-state index < -0.39 is 6.61 Å². The van der Waals surface area contributed by atoms with Gasteiger partial charge >= 0.3 is 6.61 Å². The molecule has 1 heterocycles. The number of piperidine rings is 1. The standard InChI is InChI=1S/C14H18F2N2O2.ClH/c15-14(16)20-12-5-3-11(4-6-12)13(19)18-7-1-2-10(8-17)9-18;/h3-6,10,14H,1-2,7-9,17H2;1H. The van der Waals surface area contributed by atoms with E-state index in [-0.39, 0.29) is 24.1 Å². The number of carbonyl (C=O) groups excluding carboxylic acids is 1. The van der Waals surface area contributed by atoms with E-state index in [2.05, 4.69) is 4.74 Å². The summed E-state index contributed by atoms with van der Waals surface area (Å²) >= 11 is 0. The molecule has 0 aliphatic carbocycles. The van der Waals surface area contributed by atoms with Gasteiger partial charge in [-0.05, 0) is 49.6 Å². The summed E-state index contributed by atoms with van der Waals surface area (Å²) in [6.45, 7) is -0.913. The summed E-state index contributed by atoms with van der Waals surface area (Å²) in [6.07, 6.45) is 1.99. The molecular formula is C14H19ClF2N2O2. The monoisotopic (exact) mass is 320 g/mol. The van der Waals surface area contributed by atoms with Crippen LogP contribution in [-0.2, 0) is 0 Å². The quantitative estimate of drug-likeness (QED) is 0.927. The molecule has 1 fully saturated rings. The van der Waals surface area contributed by atoms with Crippen LogP contribution >= 0.6 is 12.4 Å². The highest BCUT2D eigenvalue weighted by molar-refractivity contribution is 5.94. The SMILES string of the molecule is Cl.NCC1CCCN(C(=O)c2ccc(OC(F)F)cc2)C1. The molecule has 118 valence electrons. The topological polar surface area (TPSA) is 55.6 Å². The van der Waals surface area contributed by atoms with Crippen molar-refractivity contribution < 1.29 is 18.3 Å². The van der Waals surface area contributed by atoms with E-state index >= 15 is 0 Å². The van der Waals surface area contributed by atoms with Gasteiger partial charge in [0.05, 0.1) is 0 Å². The normalized spacial score (nSPS) is 18.3. The zero-order chi connectivity index (χ0) is 14.5. The minimum atomic E-state index is -2.86. The Morgan fingerprint density at radius 2 is 2.05 bits per heavy atom. The molecule has 0 aromatic heterocycles. The maximum Gasteiger partial charge on any atom is 0.387 e. The van der Waals surface area contributed by atoms with Gasteiger partial charge in [-0.1, -0.05) is 0 Å². The van der Waals surface area contributed by atoms with Crippen LogP contribution in [0.5, 0.6) is 5.75 Å². The van der Waals surface area contributed by atoms with Crippen LogP contribution < -0.4 is 10.5 Å². The molecule has 0 bridgehead atoms. The van der Waals surface area contributed by atoms with Gasteiger partial charge in [0.15, 0.2) is 0 Å². The van der Waals surface area contributed by atoms with Gasteiger partial charge < -0.3 is 15.4 Å². The highest BCUT2D eigenvalue weighted by Crippen LogP contribution is 2.20. The van der Waals surface area contributed by atoms with E-state index in [0.717, 1.165) is 12.8 Å². The molecule has 1 aliphatic heterocycles. The number of nitrogens with two attached hydrogens (primary N) is 1. The van der Waals surface area contributed by atoms with E-state index in [0.29, 0.717) is 31.1 Å². The molecule has 1 aliphatic rings. The number of benzene rings is 1. The van der Waals surface area contributed by atoms with E-state index in [1.807, 2.05) is 0 Å². The smallest absolute Gasteiger partial charge is 0.387 e. The Labute approximate surface area is 128 Å². The number of likely N-dealkylation sites (tertiary alicyclic amines) is 1. The van der Waals surface area contributed by atoms with Crippen LogP contribution in [0, 0.1) is 5.92 Å². The molecule has 1 aromatic carbocycles. The minimum Gasteiger partial charge on any atom is -0.435 e. The number of hydrogen-bond donors (Lipinski definition) is 1. The van der Waals surface area contributed by atoms with Crippen molar-refractivity contribution in [3.05, 3.63) is 29.8 Å². The third-order valence-corrected chi connectivity index (χ3v) is 3.47. The van der Waals surface area contributed by atoms with Gasteiger partial charge in [0, 0.05) is 18.7 Å². The largest absolute Gasteiger partial charge is 0.435 e. The van der Waals surface area contributed by atoms with Gasteiger partial charge in [-0.15, -0.1) is 12.4 Å². The van der Waals surface area contributed by atoms with Crippen molar-refractivity contribution in [3.63, 3.8) is 0 Å².